The Bertz CT molecular complexity index is 819. The molecule has 1 aliphatic rings. The van der Waals surface area contributed by atoms with E-state index in [1.165, 1.54) is 4.68 Å². The Hall–Kier alpha value is -2.90. The lowest BCUT2D eigenvalue weighted by Crippen LogP contribution is -2.33. The summed E-state index contributed by atoms with van der Waals surface area (Å²) in [7, 11) is 0. The third-order valence-electron chi connectivity index (χ3n) is 3.52. The Morgan fingerprint density at radius 2 is 2.12 bits per heavy atom. The van der Waals surface area contributed by atoms with Gasteiger partial charge in [-0.05, 0) is 55.8 Å². The molecule has 0 spiro atoms. The summed E-state index contributed by atoms with van der Waals surface area (Å²) >= 11 is 0. The smallest absolute Gasteiger partial charge is 0.338 e. The molecule has 2 heterocycles. The molecule has 1 aromatic heterocycles. The van der Waals surface area contributed by atoms with Crippen LogP contribution in [0, 0.1) is 0 Å². The van der Waals surface area contributed by atoms with Crippen LogP contribution in [0.4, 0.5) is 5.95 Å². The van der Waals surface area contributed by atoms with E-state index in [0.717, 1.165) is 0 Å². The van der Waals surface area contributed by atoms with Crippen molar-refractivity contribution in [1.82, 2.24) is 20.2 Å². The van der Waals surface area contributed by atoms with Crippen LogP contribution < -0.4 is 5.32 Å². The van der Waals surface area contributed by atoms with Crippen LogP contribution >= 0.6 is 0 Å². The number of rotatable bonds is 2. The van der Waals surface area contributed by atoms with Gasteiger partial charge >= 0.3 is 5.97 Å². The fraction of sp³-hybridized carbons (Fsp3) is 0.375. The number of esters is 1. The average molecular weight is 329 g/mol. The zero-order valence-electron chi connectivity index (χ0n) is 13.9. The normalized spacial score (nSPS) is 17.2. The van der Waals surface area contributed by atoms with Gasteiger partial charge < -0.3 is 15.2 Å². The number of benzene rings is 1. The van der Waals surface area contributed by atoms with Crippen LogP contribution in [0.3, 0.4) is 0 Å². The summed E-state index contributed by atoms with van der Waals surface area (Å²) < 4.78 is 7.04. The number of phenols is 1. The molecule has 0 aliphatic carbocycles. The molecule has 1 aliphatic heterocycles. The molecule has 0 saturated heterocycles. The van der Waals surface area contributed by atoms with Crippen molar-refractivity contribution in [2.45, 2.75) is 39.3 Å². The molecule has 1 atom stereocenters. The molecule has 0 saturated carbocycles. The van der Waals surface area contributed by atoms with E-state index in [0.29, 0.717) is 22.8 Å². The first-order chi connectivity index (χ1) is 11.3. The lowest BCUT2D eigenvalue weighted by molar-refractivity contribution is -0.150. The van der Waals surface area contributed by atoms with Crippen molar-refractivity contribution < 1.29 is 14.6 Å². The third kappa shape index (κ3) is 2.94. The first-order valence-electron chi connectivity index (χ1n) is 7.54. The van der Waals surface area contributed by atoms with Crippen LogP contribution in [-0.2, 0) is 9.53 Å². The highest BCUT2D eigenvalue weighted by molar-refractivity contribution is 5.92. The Balaban J connectivity index is 2.12. The molecule has 24 heavy (non-hydrogen) atoms. The Kier molecular flexibility index (Phi) is 3.75. The molecule has 0 unspecified atom stereocenters. The van der Waals surface area contributed by atoms with Gasteiger partial charge in [0.25, 0.3) is 0 Å². The summed E-state index contributed by atoms with van der Waals surface area (Å²) in [4.78, 5) is 12.8. The summed E-state index contributed by atoms with van der Waals surface area (Å²) in [5, 5.41) is 24.4. The number of ether oxygens (including phenoxy) is 1. The first-order valence-corrected chi connectivity index (χ1v) is 7.54. The molecule has 2 aromatic rings. The summed E-state index contributed by atoms with van der Waals surface area (Å²) in [5.41, 5.74) is 1.06. The fourth-order valence-corrected chi connectivity index (χ4v) is 2.61. The number of nitrogens with one attached hydrogen (secondary N) is 1. The highest BCUT2D eigenvalue weighted by Gasteiger charge is 2.36. The van der Waals surface area contributed by atoms with E-state index in [1.807, 2.05) is 20.8 Å². The van der Waals surface area contributed by atoms with Crippen LogP contribution in [0.15, 0.2) is 35.5 Å². The van der Waals surface area contributed by atoms with Crippen molar-refractivity contribution in [2.24, 2.45) is 0 Å². The molecule has 8 heteroatoms. The molecule has 8 nitrogen and oxygen atoms in total. The fourth-order valence-electron chi connectivity index (χ4n) is 2.61. The molecule has 1 aromatic carbocycles. The van der Waals surface area contributed by atoms with Gasteiger partial charge in [-0.3, -0.25) is 0 Å². The minimum Gasteiger partial charge on any atom is -0.508 e. The van der Waals surface area contributed by atoms with Gasteiger partial charge in [0.2, 0.25) is 5.95 Å². The number of nitrogens with zero attached hydrogens (tertiary/aromatic N) is 4. The second-order valence-electron chi connectivity index (χ2n) is 6.61. The van der Waals surface area contributed by atoms with E-state index in [4.69, 9.17) is 4.74 Å². The van der Waals surface area contributed by atoms with E-state index in [9.17, 15) is 9.90 Å². The van der Waals surface area contributed by atoms with Crippen LogP contribution in [0.25, 0.3) is 0 Å². The largest absolute Gasteiger partial charge is 0.508 e. The quantitative estimate of drug-likeness (QED) is 0.812. The number of hydrogen-bond acceptors (Lipinski definition) is 7. The van der Waals surface area contributed by atoms with Gasteiger partial charge in [0.05, 0.1) is 5.57 Å². The Labute approximate surface area is 139 Å². The number of phenolic OH excluding ortho intramolecular Hbond substituents is 1. The van der Waals surface area contributed by atoms with Crippen molar-refractivity contribution >= 4 is 11.9 Å². The van der Waals surface area contributed by atoms with Gasteiger partial charge in [-0.2, -0.15) is 4.68 Å². The van der Waals surface area contributed by atoms with Crippen molar-refractivity contribution in [2.75, 3.05) is 5.32 Å². The summed E-state index contributed by atoms with van der Waals surface area (Å²) in [6.45, 7) is 7.20. The molecule has 0 amide bonds. The number of carbonyl (C=O) groups excluding carboxylic acids is 1. The zero-order valence-corrected chi connectivity index (χ0v) is 13.9. The van der Waals surface area contributed by atoms with Crippen LogP contribution in [0.1, 0.15) is 39.3 Å². The van der Waals surface area contributed by atoms with Crippen molar-refractivity contribution in [1.29, 1.82) is 0 Å². The number of tetrazole rings is 1. The van der Waals surface area contributed by atoms with Gasteiger partial charge in [-0.1, -0.05) is 17.2 Å². The van der Waals surface area contributed by atoms with E-state index < -0.39 is 17.6 Å². The van der Waals surface area contributed by atoms with Crippen molar-refractivity contribution in [3.05, 3.63) is 41.1 Å². The Morgan fingerprint density at radius 3 is 2.79 bits per heavy atom. The van der Waals surface area contributed by atoms with Crippen LogP contribution in [0.2, 0.25) is 0 Å². The number of aromatic nitrogens is 4. The lowest BCUT2D eigenvalue weighted by Gasteiger charge is -2.29. The van der Waals surface area contributed by atoms with Crippen LogP contribution in [-0.4, -0.2) is 36.9 Å². The number of fused-ring (bicyclic) bond motifs is 1. The highest BCUT2D eigenvalue weighted by atomic mass is 16.6. The number of carbonyl (C=O) groups is 1. The molecular weight excluding hydrogens is 310 g/mol. The number of allylic oxidation sites excluding steroid dienone is 1. The maximum absolute atomic E-state index is 12.8. The number of hydrogen-bond donors (Lipinski definition) is 2. The third-order valence-corrected chi connectivity index (χ3v) is 3.52. The van der Waals surface area contributed by atoms with Crippen molar-refractivity contribution in [3.63, 3.8) is 0 Å². The SMILES string of the molecule is CC1=C(C(=O)OC(C)(C)C)[C@@H](c2cccc(O)c2)n2nnnc2N1. The van der Waals surface area contributed by atoms with E-state index in [-0.39, 0.29) is 5.75 Å². The van der Waals surface area contributed by atoms with Gasteiger partial charge in [-0.15, -0.1) is 0 Å². The van der Waals surface area contributed by atoms with E-state index in [2.05, 4.69) is 20.8 Å². The predicted octanol–water partition coefficient (Wildman–Crippen LogP) is 2.01. The topological polar surface area (TPSA) is 102 Å². The lowest BCUT2D eigenvalue weighted by atomic mass is 9.95. The van der Waals surface area contributed by atoms with Gasteiger partial charge in [0.1, 0.15) is 17.4 Å². The molecule has 0 fully saturated rings. The molecule has 0 radical (unpaired) electrons. The maximum atomic E-state index is 12.8. The monoisotopic (exact) mass is 329 g/mol. The Morgan fingerprint density at radius 1 is 1.38 bits per heavy atom. The van der Waals surface area contributed by atoms with E-state index in [1.54, 1.807) is 31.2 Å². The highest BCUT2D eigenvalue weighted by Crippen LogP contribution is 2.36. The van der Waals surface area contributed by atoms with Gasteiger partial charge in [0, 0.05) is 5.70 Å². The van der Waals surface area contributed by atoms with E-state index >= 15 is 0 Å². The number of anilines is 1. The predicted molar refractivity (Wildman–Crippen MR) is 86.2 cm³/mol. The van der Waals surface area contributed by atoms with Gasteiger partial charge in [-0.25, -0.2) is 4.79 Å². The molecule has 3 rings (SSSR count). The maximum Gasteiger partial charge on any atom is 0.338 e. The molecular formula is C16H19N5O3. The molecule has 126 valence electrons. The number of aromatic hydroxyl groups is 1. The standard InChI is InChI=1S/C16H19N5O3/c1-9-12(14(23)24-16(2,3)4)13(10-6-5-7-11(22)8-10)21-15(17-9)18-19-20-21/h5-8,13,22H,1-4H3,(H,17,18,20)/t13-/m1/s1. The second kappa shape index (κ2) is 5.63. The van der Waals surface area contributed by atoms with Gasteiger partial charge in [0.15, 0.2) is 0 Å². The second-order valence-corrected chi connectivity index (χ2v) is 6.61. The molecule has 2 N–H and O–H groups in total. The summed E-state index contributed by atoms with van der Waals surface area (Å²) in [6, 6.07) is 6.07. The summed E-state index contributed by atoms with van der Waals surface area (Å²) in [6.07, 6.45) is 0. The average Bonchev–Trinajstić information content (AvgIpc) is 2.91. The minimum absolute atomic E-state index is 0.0989. The zero-order chi connectivity index (χ0) is 17.5. The molecule has 0 bridgehead atoms. The van der Waals surface area contributed by atoms with Crippen LogP contribution in [0.5, 0.6) is 5.75 Å². The first kappa shape index (κ1) is 16.0. The summed E-state index contributed by atoms with van der Waals surface area (Å²) in [5.74, 6) is 0.0667. The van der Waals surface area contributed by atoms with Crippen molar-refractivity contribution in [3.8, 4) is 5.75 Å². The minimum atomic E-state index is -0.630.